The minimum absolute atomic E-state index is 0.0830. The van der Waals surface area contributed by atoms with E-state index in [1.807, 2.05) is 0 Å². The first-order valence-electron chi connectivity index (χ1n) is 17.3. The quantitative estimate of drug-likeness (QED) is 0.0603. The van der Waals surface area contributed by atoms with E-state index < -0.39 is 126 Å². The Bertz CT molecular complexity index is 2900. The Morgan fingerprint density at radius 1 is 0.567 bits per heavy atom. The lowest BCUT2D eigenvalue weighted by Crippen LogP contribution is -2.22. The number of carbonyl (C=O) groups excluding carboxylic acids is 1. The summed E-state index contributed by atoms with van der Waals surface area (Å²) in [6.45, 7) is 1.64. The van der Waals surface area contributed by atoms with Gasteiger partial charge >= 0.3 is 10.1 Å². The van der Waals surface area contributed by atoms with E-state index in [0.29, 0.717) is 5.56 Å². The molecular formula is C38H35NO16S5. The standard InChI is InChI=1S/C38H35NO16S5/c1-20-7-22-9-24-13-31(57(44,45)46)15-26(35(24)41)11-28-17-33(59(50,51)52)18-29(37(28)55-60(53,54)30-5-3-21(4-6-30)38(43)39-19-56-2)12-27-16-32(58(47,48)49)14-25(36(27)42)10-23(8-20)34(22)40/h3-8,13-18,40-42H,9-12,19H2,1-2H3,(H,39,43)(H,44,45,46)(H,47,48,49)(H,50,51,52). The highest BCUT2D eigenvalue weighted by Gasteiger charge is 2.29. The van der Waals surface area contributed by atoms with E-state index >= 15 is 0 Å². The van der Waals surface area contributed by atoms with Gasteiger partial charge in [0.2, 0.25) is 0 Å². The Labute approximate surface area is 349 Å². The molecule has 8 bridgehead atoms. The highest BCUT2D eigenvalue weighted by molar-refractivity contribution is 7.98. The Balaban J connectivity index is 1.68. The molecule has 7 N–H and O–H groups in total. The summed E-state index contributed by atoms with van der Waals surface area (Å²) in [5, 5.41) is 37.3. The second kappa shape index (κ2) is 16.3. The van der Waals surface area contributed by atoms with E-state index in [1.165, 1.54) is 36.0 Å². The normalized spacial score (nSPS) is 13.4. The zero-order chi connectivity index (χ0) is 44.1. The number of aromatic hydroxyl groups is 3. The van der Waals surface area contributed by atoms with E-state index in [-0.39, 0.29) is 44.8 Å². The van der Waals surface area contributed by atoms with E-state index in [9.17, 15) is 67.4 Å². The molecule has 5 aromatic rings. The minimum atomic E-state index is -5.18. The monoisotopic (exact) mass is 921 g/mol. The van der Waals surface area contributed by atoms with Gasteiger partial charge in [0.05, 0.1) is 20.6 Å². The van der Waals surface area contributed by atoms with E-state index in [2.05, 4.69) is 5.32 Å². The fourth-order valence-electron chi connectivity index (χ4n) is 6.73. The van der Waals surface area contributed by atoms with Crippen molar-refractivity contribution in [1.82, 2.24) is 5.32 Å². The number of hydrogen-bond acceptors (Lipinski definition) is 14. The predicted octanol–water partition coefficient (Wildman–Crippen LogP) is 4.35. The number of thioether (sulfide) groups is 1. The number of phenolic OH excluding ortho intramolecular Hbond substituents is 3. The fraction of sp³-hybridized carbons (Fsp3) is 0.184. The second-order valence-corrected chi connectivity index (χ2v) is 20.5. The first-order valence-corrected chi connectivity index (χ1v) is 24.4. The molecule has 22 heteroatoms. The summed E-state index contributed by atoms with van der Waals surface area (Å²) in [6.07, 6.45) is -0.622. The molecule has 0 spiro atoms. The van der Waals surface area contributed by atoms with Gasteiger partial charge in [-0.3, -0.25) is 18.5 Å². The zero-order valence-corrected chi connectivity index (χ0v) is 35.4. The molecule has 0 heterocycles. The van der Waals surface area contributed by atoms with Gasteiger partial charge in [-0.25, -0.2) is 0 Å². The average Bonchev–Trinajstić information content (AvgIpc) is 3.14. The van der Waals surface area contributed by atoms with Crippen LogP contribution >= 0.6 is 11.8 Å². The van der Waals surface area contributed by atoms with Crippen molar-refractivity contribution in [3.63, 3.8) is 0 Å². The molecule has 0 saturated carbocycles. The number of aryl methyl sites for hydroxylation is 1. The van der Waals surface area contributed by atoms with Crippen LogP contribution in [0.15, 0.2) is 92.4 Å². The van der Waals surface area contributed by atoms with Crippen molar-refractivity contribution in [2.45, 2.75) is 52.2 Å². The van der Waals surface area contributed by atoms with E-state index in [4.69, 9.17) is 4.18 Å². The summed E-state index contributed by atoms with van der Waals surface area (Å²) in [7, 11) is -20.2. The highest BCUT2D eigenvalue weighted by Crippen LogP contribution is 2.41. The third-order valence-electron chi connectivity index (χ3n) is 9.50. The number of hydrogen-bond donors (Lipinski definition) is 7. The van der Waals surface area contributed by atoms with Crippen molar-refractivity contribution in [2.24, 2.45) is 0 Å². The number of rotatable bonds is 9. The van der Waals surface area contributed by atoms with Crippen molar-refractivity contribution in [3.8, 4) is 23.0 Å². The van der Waals surface area contributed by atoms with Crippen molar-refractivity contribution < 1.29 is 71.6 Å². The smallest absolute Gasteiger partial charge is 0.339 e. The third kappa shape index (κ3) is 9.55. The van der Waals surface area contributed by atoms with Gasteiger partial charge in [0.15, 0.2) is 0 Å². The first kappa shape index (κ1) is 44.4. The number of carbonyl (C=O) groups is 1. The van der Waals surface area contributed by atoms with Crippen LogP contribution in [0.5, 0.6) is 23.0 Å². The molecule has 0 saturated heterocycles. The summed E-state index contributed by atoms with van der Waals surface area (Å²) in [6, 6.07) is 12.5. The van der Waals surface area contributed by atoms with Gasteiger partial charge in [-0.1, -0.05) is 17.7 Å². The van der Waals surface area contributed by atoms with Crippen LogP contribution in [-0.4, -0.2) is 80.7 Å². The lowest BCUT2D eigenvalue weighted by Gasteiger charge is -2.21. The molecule has 0 radical (unpaired) electrons. The molecule has 1 amide bonds. The third-order valence-corrected chi connectivity index (χ3v) is 13.7. The summed E-state index contributed by atoms with van der Waals surface area (Å²) < 4.78 is 140. The average molecular weight is 922 g/mol. The maximum atomic E-state index is 14.0. The molecule has 0 aromatic heterocycles. The largest absolute Gasteiger partial charge is 0.507 e. The number of amides is 1. The van der Waals surface area contributed by atoms with Crippen LogP contribution in [0.1, 0.15) is 60.4 Å². The van der Waals surface area contributed by atoms with Crippen LogP contribution in [0.4, 0.5) is 0 Å². The summed E-state index contributed by atoms with van der Waals surface area (Å²) in [5.74, 6) is -2.60. The highest BCUT2D eigenvalue weighted by atomic mass is 32.2. The Kier molecular flexibility index (Phi) is 12.1. The van der Waals surface area contributed by atoms with Crippen molar-refractivity contribution in [1.29, 1.82) is 0 Å². The molecule has 1 aliphatic carbocycles. The Morgan fingerprint density at radius 2 is 0.900 bits per heavy atom. The molecule has 60 heavy (non-hydrogen) atoms. The van der Waals surface area contributed by atoms with Gasteiger partial charge in [-0.05, 0) is 85.0 Å². The van der Waals surface area contributed by atoms with Gasteiger partial charge < -0.3 is 24.8 Å². The second-order valence-electron chi connectivity index (χ2n) is 13.8. The SMILES string of the molecule is CSCNC(=O)c1ccc(S(=O)(=O)Oc2c3cc(S(=O)(=O)O)cc2Cc2cc(S(=O)(=O)O)cc(c2O)Cc2cc(C)cc(c2O)Cc2cc(S(=O)(=O)O)cc(c2O)C3)cc1. The Hall–Kier alpha value is -5.20. The zero-order valence-electron chi connectivity index (χ0n) is 31.3. The van der Waals surface area contributed by atoms with Gasteiger partial charge in [-0.15, -0.1) is 11.8 Å². The molecule has 5 aromatic carbocycles. The number of benzene rings is 5. The molecule has 0 unspecified atom stereocenters. The first-order chi connectivity index (χ1) is 27.8. The predicted molar refractivity (Wildman–Crippen MR) is 216 cm³/mol. The molecule has 0 atom stereocenters. The van der Waals surface area contributed by atoms with Crippen molar-refractivity contribution in [2.75, 3.05) is 12.1 Å². The minimum Gasteiger partial charge on any atom is -0.507 e. The lowest BCUT2D eigenvalue weighted by molar-refractivity contribution is 0.0960. The summed E-state index contributed by atoms with van der Waals surface area (Å²) in [5.41, 5.74) is -1.17. The topological polar surface area (TPSA) is 296 Å². The lowest BCUT2D eigenvalue weighted by atomic mass is 9.90. The molecule has 0 fully saturated rings. The van der Waals surface area contributed by atoms with Crippen LogP contribution in [0.3, 0.4) is 0 Å². The van der Waals surface area contributed by atoms with Gasteiger partial charge in [-0.2, -0.15) is 33.7 Å². The molecule has 17 nitrogen and oxygen atoms in total. The van der Waals surface area contributed by atoms with Gasteiger partial charge in [0.1, 0.15) is 27.9 Å². The maximum Gasteiger partial charge on any atom is 0.339 e. The van der Waals surface area contributed by atoms with E-state index in [1.54, 1.807) is 13.2 Å². The fourth-order valence-corrected chi connectivity index (χ4v) is 9.75. The molecule has 6 rings (SSSR count). The molecule has 1 aliphatic rings. The summed E-state index contributed by atoms with van der Waals surface area (Å²) >= 11 is 1.32. The number of phenols is 3. The van der Waals surface area contributed by atoms with E-state index in [0.717, 1.165) is 48.5 Å². The van der Waals surface area contributed by atoms with Gasteiger partial charge in [0, 0.05) is 64.6 Å². The van der Waals surface area contributed by atoms with Crippen LogP contribution in [0.25, 0.3) is 0 Å². The Morgan fingerprint density at radius 3 is 1.25 bits per heavy atom. The molecule has 318 valence electrons. The van der Waals surface area contributed by atoms with Crippen LogP contribution < -0.4 is 9.50 Å². The maximum absolute atomic E-state index is 14.0. The van der Waals surface area contributed by atoms with Crippen LogP contribution in [0, 0.1) is 6.92 Å². The molecule has 0 aliphatic heterocycles. The van der Waals surface area contributed by atoms with Gasteiger partial charge in [0.25, 0.3) is 36.3 Å². The van der Waals surface area contributed by atoms with Crippen LogP contribution in [0.2, 0.25) is 0 Å². The van der Waals surface area contributed by atoms with Crippen LogP contribution in [-0.2, 0) is 66.2 Å². The number of nitrogens with one attached hydrogen (secondary N) is 1. The van der Waals surface area contributed by atoms with Crippen molar-refractivity contribution in [3.05, 3.63) is 128 Å². The summed E-state index contributed by atoms with van der Waals surface area (Å²) in [4.78, 5) is 9.59. The number of fused-ring (bicyclic) bond motifs is 8. The van der Waals surface area contributed by atoms with Crippen molar-refractivity contribution >= 4 is 58.1 Å². The molecular weight excluding hydrogens is 887 g/mol.